The van der Waals surface area contributed by atoms with Crippen molar-refractivity contribution in [2.75, 3.05) is 14.2 Å². The molecule has 1 N–H and O–H groups in total. The minimum atomic E-state index is -0.200. The quantitative estimate of drug-likeness (QED) is 0.627. The van der Waals surface area contributed by atoms with Gasteiger partial charge in [0.2, 0.25) is 0 Å². The van der Waals surface area contributed by atoms with E-state index in [0.29, 0.717) is 12.0 Å². The van der Waals surface area contributed by atoms with Crippen LogP contribution in [0.5, 0.6) is 5.75 Å². The third kappa shape index (κ3) is 4.15. The molecular formula is C17H19NO3. The molecule has 2 rings (SSSR count). The van der Waals surface area contributed by atoms with Crippen LogP contribution in [0.15, 0.2) is 54.6 Å². The van der Waals surface area contributed by atoms with Gasteiger partial charge in [-0.05, 0) is 17.7 Å². The number of hydrogen-bond acceptors (Lipinski definition) is 4. The molecule has 0 heterocycles. The molecule has 0 amide bonds. The average molecular weight is 285 g/mol. The molecule has 0 aliphatic carbocycles. The minimum absolute atomic E-state index is 0.0703. The number of hydroxylamine groups is 1. The van der Waals surface area contributed by atoms with Gasteiger partial charge in [-0.1, -0.05) is 42.5 Å². The van der Waals surface area contributed by atoms with Gasteiger partial charge in [-0.2, -0.15) is 5.48 Å². The molecule has 4 heteroatoms. The fourth-order valence-corrected chi connectivity index (χ4v) is 2.13. The van der Waals surface area contributed by atoms with Crippen molar-refractivity contribution in [3.63, 3.8) is 0 Å². The summed E-state index contributed by atoms with van der Waals surface area (Å²) in [6.07, 6.45) is 0.324. The number of Topliss-reactive ketones (excluding diaryl/α,β-unsaturated/α-hetero) is 1. The van der Waals surface area contributed by atoms with E-state index < -0.39 is 0 Å². The first-order chi connectivity index (χ1) is 10.2. The van der Waals surface area contributed by atoms with E-state index in [-0.39, 0.29) is 11.8 Å². The number of ether oxygens (including phenoxy) is 1. The molecule has 0 aliphatic rings. The maximum atomic E-state index is 12.3. The van der Waals surface area contributed by atoms with E-state index in [1.165, 1.54) is 0 Å². The van der Waals surface area contributed by atoms with Crippen molar-refractivity contribution in [3.8, 4) is 5.75 Å². The first-order valence-electron chi connectivity index (χ1n) is 6.75. The largest absolute Gasteiger partial charge is 0.497 e. The number of hydrogen-bond donors (Lipinski definition) is 1. The van der Waals surface area contributed by atoms with E-state index in [4.69, 9.17) is 9.57 Å². The van der Waals surface area contributed by atoms with Crippen molar-refractivity contribution < 1.29 is 14.4 Å². The highest BCUT2D eigenvalue weighted by Gasteiger charge is 2.17. The van der Waals surface area contributed by atoms with E-state index in [1.807, 2.05) is 54.6 Å². The number of benzene rings is 2. The number of carbonyl (C=O) groups excluding carboxylic acids is 1. The normalized spacial score (nSPS) is 11.9. The zero-order chi connectivity index (χ0) is 15.1. The molecule has 110 valence electrons. The Hall–Kier alpha value is -2.17. The van der Waals surface area contributed by atoms with Crippen molar-refractivity contribution in [1.82, 2.24) is 5.48 Å². The van der Waals surface area contributed by atoms with E-state index in [2.05, 4.69) is 5.48 Å². The Balaban J connectivity index is 2.13. The summed E-state index contributed by atoms with van der Waals surface area (Å²) in [7, 11) is 3.17. The monoisotopic (exact) mass is 285 g/mol. The van der Waals surface area contributed by atoms with Gasteiger partial charge in [-0.3, -0.25) is 4.79 Å². The van der Waals surface area contributed by atoms with Crippen LogP contribution < -0.4 is 10.2 Å². The molecule has 4 nitrogen and oxygen atoms in total. The summed E-state index contributed by atoms with van der Waals surface area (Å²) in [5.74, 6) is 0.852. The number of methoxy groups -OCH3 is 1. The lowest BCUT2D eigenvalue weighted by molar-refractivity contribution is 0.0545. The Kier molecular flexibility index (Phi) is 5.49. The first kappa shape index (κ1) is 15.2. The minimum Gasteiger partial charge on any atom is -0.497 e. The predicted octanol–water partition coefficient (Wildman–Crippen LogP) is 3.16. The Bertz CT molecular complexity index is 566. The Morgan fingerprint density at radius 3 is 2.29 bits per heavy atom. The van der Waals surface area contributed by atoms with Crippen LogP contribution in [0.25, 0.3) is 0 Å². The van der Waals surface area contributed by atoms with Crippen LogP contribution in [0.4, 0.5) is 0 Å². The van der Waals surface area contributed by atoms with Crippen molar-refractivity contribution in [1.29, 1.82) is 0 Å². The molecule has 0 spiro atoms. The molecule has 0 fully saturated rings. The van der Waals surface area contributed by atoms with E-state index >= 15 is 0 Å². The molecule has 0 aliphatic heterocycles. The number of ketones is 1. The summed E-state index contributed by atoms with van der Waals surface area (Å²) in [5.41, 5.74) is 4.55. The summed E-state index contributed by atoms with van der Waals surface area (Å²) < 4.78 is 5.14. The van der Waals surface area contributed by atoms with Crippen LogP contribution >= 0.6 is 0 Å². The standard InChI is InChI=1S/C17H19NO3/c1-20-15-10-8-13(9-11-15)16(18-21-2)12-17(19)14-6-4-3-5-7-14/h3-11,16,18H,12H2,1-2H3/t16-/m0/s1. The Morgan fingerprint density at radius 1 is 1.05 bits per heavy atom. The SMILES string of the molecule is CON[C@@H](CC(=O)c1ccccc1)c1ccc(OC)cc1. The lowest BCUT2D eigenvalue weighted by Gasteiger charge is -2.17. The van der Waals surface area contributed by atoms with Gasteiger partial charge in [-0.15, -0.1) is 0 Å². The van der Waals surface area contributed by atoms with Gasteiger partial charge in [-0.25, -0.2) is 0 Å². The summed E-state index contributed by atoms with van der Waals surface area (Å²) in [4.78, 5) is 17.3. The second-order valence-corrected chi connectivity index (χ2v) is 4.64. The van der Waals surface area contributed by atoms with Crippen molar-refractivity contribution in [3.05, 3.63) is 65.7 Å². The number of carbonyl (C=O) groups is 1. The van der Waals surface area contributed by atoms with Crippen LogP contribution in [-0.4, -0.2) is 20.0 Å². The van der Waals surface area contributed by atoms with Crippen LogP contribution in [-0.2, 0) is 4.84 Å². The van der Waals surface area contributed by atoms with Crippen LogP contribution in [0, 0.1) is 0 Å². The van der Waals surface area contributed by atoms with Crippen molar-refractivity contribution in [2.24, 2.45) is 0 Å². The highest BCUT2D eigenvalue weighted by molar-refractivity contribution is 5.96. The maximum absolute atomic E-state index is 12.3. The molecule has 0 aromatic heterocycles. The molecule has 0 unspecified atom stereocenters. The molecule has 1 atom stereocenters. The van der Waals surface area contributed by atoms with Crippen LogP contribution in [0.1, 0.15) is 28.4 Å². The summed E-state index contributed by atoms with van der Waals surface area (Å²) in [6, 6.07) is 16.6. The molecule has 2 aromatic carbocycles. The number of nitrogens with one attached hydrogen (secondary N) is 1. The van der Waals surface area contributed by atoms with Gasteiger partial charge >= 0.3 is 0 Å². The second kappa shape index (κ2) is 7.57. The van der Waals surface area contributed by atoms with Crippen molar-refractivity contribution in [2.45, 2.75) is 12.5 Å². The molecular weight excluding hydrogens is 266 g/mol. The fourth-order valence-electron chi connectivity index (χ4n) is 2.13. The fraction of sp³-hybridized carbons (Fsp3) is 0.235. The average Bonchev–Trinajstić information content (AvgIpc) is 2.55. The van der Waals surface area contributed by atoms with E-state index in [9.17, 15) is 4.79 Å². The van der Waals surface area contributed by atoms with Gasteiger partial charge in [0.25, 0.3) is 0 Å². The zero-order valence-electron chi connectivity index (χ0n) is 12.2. The highest BCUT2D eigenvalue weighted by atomic mass is 16.6. The van der Waals surface area contributed by atoms with Gasteiger partial charge in [0.1, 0.15) is 5.75 Å². The van der Waals surface area contributed by atoms with Crippen molar-refractivity contribution >= 4 is 5.78 Å². The van der Waals surface area contributed by atoms with Gasteiger partial charge < -0.3 is 9.57 Å². The smallest absolute Gasteiger partial charge is 0.164 e. The summed E-state index contributed by atoms with van der Waals surface area (Å²) >= 11 is 0. The Morgan fingerprint density at radius 2 is 1.71 bits per heavy atom. The molecule has 2 aromatic rings. The van der Waals surface area contributed by atoms with E-state index in [1.54, 1.807) is 14.2 Å². The van der Waals surface area contributed by atoms with Gasteiger partial charge in [0, 0.05) is 12.0 Å². The van der Waals surface area contributed by atoms with E-state index in [0.717, 1.165) is 11.3 Å². The third-order valence-electron chi connectivity index (χ3n) is 3.26. The molecule has 0 radical (unpaired) electrons. The first-order valence-corrected chi connectivity index (χ1v) is 6.75. The predicted molar refractivity (Wildman–Crippen MR) is 81.3 cm³/mol. The maximum Gasteiger partial charge on any atom is 0.164 e. The van der Waals surface area contributed by atoms with Gasteiger partial charge in [0.05, 0.1) is 20.3 Å². The summed E-state index contributed by atoms with van der Waals surface area (Å²) in [6.45, 7) is 0. The lowest BCUT2D eigenvalue weighted by atomic mass is 9.98. The third-order valence-corrected chi connectivity index (χ3v) is 3.26. The Labute approximate surface area is 124 Å². The topological polar surface area (TPSA) is 47.6 Å². The van der Waals surface area contributed by atoms with Gasteiger partial charge in [0.15, 0.2) is 5.78 Å². The second-order valence-electron chi connectivity index (χ2n) is 4.64. The molecule has 0 bridgehead atoms. The number of rotatable bonds is 7. The van der Waals surface area contributed by atoms with Crippen LogP contribution in [0.3, 0.4) is 0 Å². The zero-order valence-corrected chi connectivity index (χ0v) is 12.2. The molecule has 0 saturated heterocycles. The molecule has 0 saturated carbocycles. The van der Waals surface area contributed by atoms with Crippen LogP contribution in [0.2, 0.25) is 0 Å². The molecule has 21 heavy (non-hydrogen) atoms. The highest BCUT2D eigenvalue weighted by Crippen LogP contribution is 2.22. The lowest BCUT2D eigenvalue weighted by Crippen LogP contribution is -2.23. The summed E-state index contributed by atoms with van der Waals surface area (Å²) in [5, 5.41) is 0.